The number of piperazine rings is 1. The van der Waals surface area contributed by atoms with Gasteiger partial charge in [0.2, 0.25) is 0 Å². The van der Waals surface area contributed by atoms with Crippen LogP contribution in [0.2, 0.25) is 0 Å². The smallest absolute Gasteiger partial charge is 0.317 e. The topological polar surface area (TPSA) is 80.4 Å². The SMILES string of the molecule is CCC1N=C(N2CCN(CC[C@H]3CC[C@H](NC(=O)N(C)C)CC3)CC2)C(Cl)=C(Cl)N1N. The summed E-state index contributed by atoms with van der Waals surface area (Å²) in [4.78, 5) is 22.9. The van der Waals surface area contributed by atoms with Crippen molar-refractivity contribution in [2.45, 2.75) is 57.7 Å². The molecule has 8 nitrogen and oxygen atoms in total. The van der Waals surface area contributed by atoms with Crippen molar-refractivity contribution in [1.29, 1.82) is 0 Å². The average molecular weight is 474 g/mol. The lowest BCUT2D eigenvalue weighted by molar-refractivity contribution is 0.160. The second-order valence-electron chi connectivity index (χ2n) is 9.03. The van der Waals surface area contributed by atoms with Crippen LogP contribution in [0.3, 0.4) is 0 Å². The fourth-order valence-electron chi connectivity index (χ4n) is 4.55. The monoisotopic (exact) mass is 473 g/mol. The Morgan fingerprint density at radius 2 is 1.81 bits per heavy atom. The van der Waals surface area contributed by atoms with Crippen LogP contribution in [0, 0.1) is 5.92 Å². The first-order valence-corrected chi connectivity index (χ1v) is 12.2. The quantitative estimate of drug-likeness (QED) is 0.473. The summed E-state index contributed by atoms with van der Waals surface area (Å²) in [5.41, 5.74) is 0. The molecular formula is C21H37Cl2N7O. The molecule has 1 saturated carbocycles. The number of hydrogen-bond acceptors (Lipinski definition) is 6. The molecule has 0 aromatic carbocycles. The van der Waals surface area contributed by atoms with Gasteiger partial charge in [-0.25, -0.2) is 15.6 Å². The minimum absolute atomic E-state index is 0.0181. The van der Waals surface area contributed by atoms with Gasteiger partial charge in [0.15, 0.2) is 0 Å². The van der Waals surface area contributed by atoms with Crippen LogP contribution in [0.15, 0.2) is 15.2 Å². The van der Waals surface area contributed by atoms with Crippen LogP contribution in [-0.2, 0) is 0 Å². The number of amides is 2. The van der Waals surface area contributed by atoms with E-state index in [-0.39, 0.29) is 12.2 Å². The predicted molar refractivity (Wildman–Crippen MR) is 127 cm³/mol. The van der Waals surface area contributed by atoms with Crippen LogP contribution in [0.5, 0.6) is 0 Å². The number of hydrazine groups is 1. The second kappa shape index (κ2) is 11.1. The molecule has 176 valence electrons. The molecule has 31 heavy (non-hydrogen) atoms. The number of carbonyl (C=O) groups is 1. The lowest BCUT2D eigenvalue weighted by Crippen LogP contribution is -2.52. The molecule has 0 bridgehead atoms. The van der Waals surface area contributed by atoms with E-state index in [1.54, 1.807) is 19.0 Å². The van der Waals surface area contributed by atoms with Crippen LogP contribution < -0.4 is 11.2 Å². The predicted octanol–water partition coefficient (Wildman–Crippen LogP) is 2.79. The maximum absolute atomic E-state index is 11.8. The fraction of sp³-hybridized carbons (Fsp3) is 0.810. The van der Waals surface area contributed by atoms with Crippen LogP contribution in [-0.4, -0.2) is 90.6 Å². The first-order chi connectivity index (χ1) is 14.8. The Morgan fingerprint density at radius 3 is 2.39 bits per heavy atom. The van der Waals surface area contributed by atoms with E-state index in [4.69, 9.17) is 34.0 Å². The molecule has 1 aliphatic carbocycles. The molecule has 2 fully saturated rings. The number of amidine groups is 1. The summed E-state index contributed by atoms with van der Waals surface area (Å²) in [6.07, 6.45) is 6.40. The normalized spacial score (nSPS) is 27.9. The summed E-state index contributed by atoms with van der Waals surface area (Å²) < 4.78 is 0. The third-order valence-corrected chi connectivity index (χ3v) is 7.50. The summed E-state index contributed by atoms with van der Waals surface area (Å²) in [5.74, 6) is 7.53. The van der Waals surface area contributed by atoms with Crippen molar-refractivity contribution in [3.8, 4) is 0 Å². The number of nitrogens with two attached hydrogens (primary N) is 1. The van der Waals surface area contributed by atoms with E-state index < -0.39 is 0 Å². The van der Waals surface area contributed by atoms with E-state index in [1.165, 1.54) is 24.3 Å². The van der Waals surface area contributed by atoms with Gasteiger partial charge in [0, 0.05) is 46.3 Å². The summed E-state index contributed by atoms with van der Waals surface area (Å²) in [5, 5.41) is 5.39. The number of urea groups is 1. The standard InChI is InChI=1S/C21H37Cl2N7O/c1-4-17-26-20(18(22)19(23)30(17)24)29-13-11-28(12-14-29)10-9-15-5-7-16(8-6-15)25-21(31)27(2)3/h15-17H,4-14,24H2,1-3H3,(H,25,31)/t15-,16-,17?. The van der Waals surface area contributed by atoms with Crippen LogP contribution in [0.25, 0.3) is 0 Å². The van der Waals surface area contributed by atoms with Crippen molar-refractivity contribution < 1.29 is 4.79 Å². The Labute approximate surface area is 196 Å². The summed E-state index contributed by atoms with van der Waals surface area (Å²) in [6.45, 7) is 6.94. The van der Waals surface area contributed by atoms with Crippen molar-refractivity contribution in [2.24, 2.45) is 16.8 Å². The molecule has 0 spiro atoms. The zero-order valence-electron chi connectivity index (χ0n) is 19.0. The molecule has 3 N–H and O–H groups in total. The van der Waals surface area contributed by atoms with Gasteiger partial charge in [-0.3, -0.25) is 9.91 Å². The molecule has 3 aliphatic rings. The van der Waals surface area contributed by atoms with Crippen molar-refractivity contribution in [2.75, 3.05) is 46.8 Å². The van der Waals surface area contributed by atoms with Gasteiger partial charge in [-0.2, -0.15) is 0 Å². The molecule has 0 aromatic heterocycles. The molecule has 2 heterocycles. The molecule has 1 unspecified atom stereocenters. The van der Waals surface area contributed by atoms with Gasteiger partial charge in [-0.15, -0.1) is 0 Å². The lowest BCUT2D eigenvalue weighted by atomic mass is 9.84. The van der Waals surface area contributed by atoms with Gasteiger partial charge >= 0.3 is 6.03 Å². The Kier molecular flexibility index (Phi) is 8.73. The number of nitrogens with one attached hydrogen (secondary N) is 1. The van der Waals surface area contributed by atoms with E-state index in [0.29, 0.717) is 16.2 Å². The third-order valence-electron chi connectivity index (χ3n) is 6.67. The highest BCUT2D eigenvalue weighted by molar-refractivity contribution is 6.48. The highest BCUT2D eigenvalue weighted by Gasteiger charge is 2.31. The lowest BCUT2D eigenvalue weighted by Gasteiger charge is -2.40. The molecule has 0 aromatic rings. The molecule has 3 rings (SSSR count). The summed E-state index contributed by atoms with van der Waals surface area (Å²) >= 11 is 12.8. The summed E-state index contributed by atoms with van der Waals surface area (Å²) in [7, 11) is 3.57. The maximum atomic E-state index is 11.8. The van der Waals surface area contributed by atoms with Crippen LogP contribution >= 0.6 is 23.2 Å². The molecular weight excluding hydrogens is 437 g/mol. The zero-order valence-corrected chi connectivity index (χ0v) is 20.5. The Hall–Kier alpha value is -1.22. The first kappa shape index (κ1) is 24.4. The largest absolute Gasteiger partial charge is 0.353 e. The van der Waals surface area contributed by atoms with Gasteiger partial charge in [-0.05, 0) is 51.0 Å². The highest BCUT2D eigenvalue weighted by Crippen LogP contribution is 2.29. The number of hydrogen-bond donors (Lipinski definition) is 2. The Balaban J connectivity index is 1.40. The van der Waals surface area contributed by atoms with Gasteiger partial charge in [-0.1, -0.05) is 30.1 Å². The first-order valence-electron chi connectivity index (χ1n) is 11.4. The minimum Gasteiger partial charge on any atom is -0.353 e. The van der Waals surface area contributed by atoms with Crippen molar-refractivity contribution >= 4 is 35.1 Å². The maximum Gasteiger partial charge on any atom is 0.317 e. The molecule has 0 radical (unpaired) electrons. The van der Waals surface area contributed by atoms with Gasteiger partial charge in [0.05, 0.1) is 0 Å². The Bertz CT molecular complexity index is 683. The van der Waals surface area contributed by atoms with Gasteiger partial charge < -0.3 is 15.1 Å². The number of nitrogens with zero attached hydrogens (tertiary/aromatic N) is 5. The van der Waals surface area contributed by atoms with Crippen molar-refractivity contribution in [3.63, 3.8) is 0 Å². The zero-order chi connectivity index (χ0) is 22.5. The van der Waals surface area contributed by atoms with Crippen molar-refractivity contribution in [1.82, 2.24) is 25.0 Å². The molecule has 2 aliphatic heterocycles. The van der Waals surface area contributed by atoms with Gasteiger partial charge in [0.1, 0.15) is 22.2 Å². The van der Waals surface area contributed by atoms with E-state index in [9.17, 15) is 4.79 Å². The minimum atomic E-state index is -0.166. The number of halogens is 2. The number of rotatable bonds is 5. The van der Waals surface area contributed by atoms with Crippen molar-refractivity contribution in [3.05, 3.63) is 10.2 Å². The highest BCUT2D eigenvalue weighted by atomic mass is 35.5. The fourth-order valence-corrected chi connectivity index (χ4v) is 5.02. The molecule has 2 amide bonds. The number of carbonyl (C=O) groups excluding carboxylic acids is 1. The van der Waals surface area contributed by atoms with E-state index >= 15 is 0 Å². The summed E-state index contributed by atoms with van der Waals surface area (Å²) in [6, 6.07) is 0.344. The molecule has 1 atom stereocenters. The van der Waals surface area contributed by atoms with E-state index in [2.05, 4.69) is 15.1 Å². The van der Waals surface area contributed by atoms with Crippen LogP contribution in [0.1, 0.15) is 45.4 Å². The molecule has 1 saturated heterocycles. The molecule has 10 heteroatoms. The van der Waals surface area contributed by atoms with E-state index in [0.717, 1.165) is 63.7 Å². The third kappa shape index (κ3) is 6.18. The van der Waals surface area contributed by atoms with Crippen LogP contribution in [0.4, 0.5) is 4.79 Å². The average Bonchev–Trinajstić information content (AvgIpc) is 2.77. The van der Waals surface area contributed by atoms with E-state index in [1.807, 2.05) is 6.92 Å². The number of aliphatic imine (C=N–C) groups is 1. The second-order valence-corrected chi connectivity index (χ2v) is 9.77. The Morgan fingerprint density at radius 1 is 1.16 bits per heavy atom. The van der Waals surface area contributed by atoms with Gasteiger partial charge in [0.25, 0.3) is 0 Å².